The Bertz CT molecular complexity index is 648. The lowest BCUT2D eigenvalue weighted by molar-refractivity contribution is 0.0986. The fourth-order valence-electron chi connectivity index (χ4n) is 2.28. The van der Waals surface area contributed by atoms with E-state index in [9.17, 15) is 4.79 Å². The number of benzene rings is 1. The van der Waals surface area contributed by atoms with Gasteiger partial charge in [-0.15, -0.1) is 24.8 Å². The van der Waals surface area contributed by atoms with Gasteiger partial charge in [-0.2, -0.15) is 0 Å². The van der Waals surface area contributed by atoms with Crippen LogP contribution in [0.15, 0.2) is 24.3 Å². The highest BCUT2D eigenvalue weighted by Gasteiger charge is 2.22. The number of aromatic nitrogens is 2. The van der Waals surface area contributed by atoms with Crippen LogP contribution in [0.4, 0.5) is 0 Å². The van der Waals surface area contributed by atoms with Gasteiger partial charge >= 0.3 is 0 Å². The van der Waals surface area contributed by atoms with Gasteiger partial charge in [0.1, 0.15) is 0 Å². The van der Waals surface area contributed by atoms with E-state index in [1.807, 2.05) is 24.3 Å². The number of ether oxygens (including phenoxy) is 1. The molecular weight excluding hydrogens is 325 g/mol. The molecule has 0 aliphatic rings. The molecule has 0 unspecified atom stereocenters. The predicted octanol–water partition coefficient (Wildman–Crippen LogP) is 2.79. The second-order valence-corrected chi connectivity index (χ2v) is 5.65. The Balaban J connectivity index is 0.00000220. The van der Waals surface area contributed by atoms with Crippen LogP contribution >= 0.6 is 24.8 Å². The Hall–Kier alpha value is -1.43. The van der Waals surface area contributed by atoms with Gasteiger partial charge in [0.05, 0.1) is 17.8 Å². The molecule has 1 heterocycles. The summed E-state index contributed by atoms with van der Waals surface area (Å²) in [6.07, 6.45) is 0.685. The first-order valence-corrected chi connectivity index (χ1v) is 6.47. The van der Waals surface area contributed by atoms with E-state index in [1.54, 1.807) is 7.11 Å². The molecule has 0 atom stereocenters. The lowest BCUT2D eigenvalue weighted by Crippen LogP contribution is -2.24. The number of halogens is 2. The second kappa shape index (κ2) is 8.27. The van der Waals surface area contributed by atoms with Crippen molar-refractivity contribution in [1.82, 2.24) is 9.97 Å². The van der Waals surface area contributed by atoms with Crippen molar-refractivity contribution < 1.29 is 9.53 Å². The van der Waals surface area contributed by atoms with Gasteiger partial charge in [0.2, 0.25) is 5.82 Å². The summed E-state index contributed by atoms with van der Waals surface area (Å²) in [5.41, 5.74) is 6.79. The lowest BCUT2D eigenvalue weighted by Gasteiger charge is -2.23. The number of nitrogens with zero attached hydrogens (tertiary/aromatic N) is 2. The number of amides is 1. The Kier molecular flexibility index (Phi) is 7.73. The number of nitrogens with two attached hydrogens (primary N) is 1. The number of carbonyl (C=O) groups is 1. The van der Waals surface area contributed by atoms with E-state index in [4.69, 9.17) is 10.5 Å². The standard InChI is InChI=1S/C15H19N3O2.2ClH/c1-15(2,9-20-3)8-12-10-6-4-5-7-11(10)17-14(18-12)13(16)19;;/h4-7H,8-9H2,1-3H3,(H2,16,19);2*1H. The zero-order valence-electron chi connectivity index (χ0n) is 12.8. The second-order valence-electron chi connectivity index (χ2n) is 5.65. The third-order valence-corrected chi connectivity index (χ3v) is 3.08. The topological polar surface area (TPSA) is 78.1 Å². The summed E-state index contributed by atoms with van der Waals surface area (Å²) in [5.74, 6) is -0.548. The van der Waals surface area contributed by atoms with E-state index in [0.29, 0.717) is 13.0 Å². The molecule has 0 fully saturated rings. The van der Waals surface area contributed by atoms with E-state index in [1.165, 1.54) is 0 Å². The van der Waals surface area contributed by atoms with Crippen LogP contribution in [0.5, 0.6) is 0 Å². The zero-order valence-corrected chi connectivity index (χ0v) is 14.5. The number of hydrogen-bond acceptors (Lipinski definition) is 4. The highest BCUT2D eigenvalue weighted by Crippen LogP contribution is 2.25. The molecule has 2 N–H and O–H groups in total. The van der Waals surface area contributed by atoms with Crippen molar-refractivity contribution in [1.29, 1.82) is 0 Å². The first-order chi connectivity index (χ1) is 9.43. The fraction of sp³-hybridized carbons (Fsp3) is 0.400. The average Bonchev–Trinajstić information content (AvgIpc) is 2.37. The van der Waals surface area contributed by atoms with Crippen LogP contribution in [0.25, 0.3) is 10.9 Å². The quantitative estimate of drug-likeness (QED) is 0.903. The average molecular weight is 346 g/mol. The molecule has 7 heteroatoms. The number of primary amides is 1. The molecule has 22 heavy (non-hydrogen) atoms. The van der Waals surface area contributed by atoms with Crippen LogP contribution in [0.3, 0.4) is 0 Å². The molecule has 0 aliphatic carbocycles. The maximum Gasteiger partial charge on any atom is 0.286 e. The van der Waals surface area contributed by atoms with Crippen LogP contribution < -0.4 is 5.73 Å². The van der Waals surface area contributed by atoms with Crippen LogP contribution in [-0.4, -0.2) is 29.6 Å². The molecule has 0 saturated carbocycles. The number of hydrogen-bond donors (Lipinski definition) is 1. The molecule has 0 bridgehead atoms. The summed E-state index contributed by atoms with van der Waals surface area (Å²) in [4.78, 5) is 19.9. The van der Waals surface area contributed by atoms with Gasteiger partial charge in [-0.3, -0.25) is 4.79 Å². The van der Waals surface area contributed by atoms with Crippen LogP contribution in [-0.2, 0) is 11.2 Å². The number of fused-ring (bicyclic) bond motifs is 1. The summed E-state index contributed by atoms with van der Waals surface area (Å²) in [6, 6.07) is 7.63. The van der Waals surface area contributed by atoms with Crippen molar-refractivity contribution in [3.8, 4) is 0 Å². The predicted molar refractivity (Wildman–Crippen MR) is 91.9 cm³/mol. The molecule has 2 rings (SSSR count). The minimum atomic E-state index is -0.610. The molecule has 0 spiro atoms. The van der Waals surface area contributed by atoms with Gasteiger partial charge in [0.15, 0.2) is 0 Å². The third kappa shape index (κ3) is 4.80. The molecule has 1 aromatic carbocycles. The number of para-hydroxylation sites is 1. The maximum atomic E-state index is 11.4. The van der Waals surface area contributed by atoms with Gasteiger partial charge in [0.25, 0.3) is 5.91 Å². The summed E-state index contributed by atoms with van der Waals surface area (Å²) in [6.45, 7) is 4.80. The van der Waals surface area contributed by atoms with Crippen molar-refractivity contribution in [2.24, 2.45) is 11.1 Å². The minimum Gasteiger partial charge on any atom is -0.384 e. The van der Waals surface area contributed by atoms with Crippen LogP contribution in [0, 0.1) is 5.41 Å². The first kappa shape index (κ1) is 20.6. The SMILES string of the molecule is COCC(C)(C)Cc1nc(C(N)=O)nc2ccccc12.Cl.Cl. The molecule has 0 saturated heterocycles. The molecule has 1 aromatic heterocycles. The monoisotopic (exact) mass is 345 g/mol. The molecule has 2 aromatic rings. The van der Waals surface area contributed by atoms with Crippen molar-refractivity contribution in [2.75, 3.05) is 13.7 Å². The highest BCUT2D eigenvalue weighted by atomic mass is 35.5. The van der Waals surface area contributed by atoms with E-state index in [0.717, 1.165) is 16.6 Å². The van der Waals surface area contributed by atoms with Crippen molar-refractivity contribution in [3.63, 3.8) is 0 Å². The highest BCUT2D eigenvalue weighted by molar-refractivity contribution is 5.92. The Morgan fingerprint density at radius 2 is 1.86 bits per heavy atom. The Morgan fingerprint density at radius 1 is 1.23 bits per heavy atom. The van der Waals surface area contributed by atoms with Crippen molar-refractivity contribution in [2.45, 2.75) is 20.3 Å². The smallest absolute Gasteiger partial charge is 0.286 e. The molecule has 5 nitrogen and oxygen atoms in total. The minimum absolute atomic E-state index is 0. The van der Waals surface area contributed by atoms with Gasteiger partial charge in [0, 0.05) is 12.5 Å². The number of carbonyl (C=O) groups excluding carboxylic acids is 1. The van der Waals surface area contributed by atoms with E-state index in [-0.39, 0.29) is 36.1 Å². The molecular formula is C15H21Cl2N3O2. The summed E-state index contributed by atoms with van der Waals surface area (Å²) >= 11 is 0. The number of rotatable bonds is 5. The Labute approximate surface area is 142 Å². The van der Waals surface area contributed by atoms with E-state index in [2.05, 4.69) is 23.8 Å². The molecule has 1 amide bonds. The van der Waals surface area contributed by atoms with Gasteiger partial charge in [-0.1, -0.05) is 32.0 Å². The molecule has 122 valence electrons. The first-order valence-electron chi connectivity index (χ1n) is 6.47. The van der Waals surface area contributed by atoms with Crippen LogP contribution in [0.1, 0.15) is 30.2 Å². The van der Waals surface area contributed by atoms with E-state index < -0.39 is 5.91 Å². The summed E-state index contributed by atoms with van der Waals surface area (Å²) in [5, 5.41) is 0.946. The molecule has 0 radical (unpaired) electrons. The van der Waals surface area contributed by atoms with Crippen molar-refractivity contribution >= 4 is 41.6 Å². The molecule has 0 aliphatic heterocycles. The summed E-state index contributed by atoms with van der Waals surface area (Å²) < 4.78 is 5.23. The fourth-order valence-corrected chi connectivity index (χ4v) is 2.28. The van der Waals surface area contributed by atoms with Crippen molar-refractivity contribution in [3.05, 3.63) is 35.8 Å². The van der Waals surface area contributed by atoms with Gasteiger partial charge in [-0.25, -0.2) is 9.97 Å². The normalized spacial score (nSPS) is 10.7. The van der Waals surface area contributed by atoms with Gasteiger partial charge in [-0.05, 0) is 17.9 Å². The third-order valence-electron chi connectivity index (χ3n) is 3.08. The van der Waals surface area contributed by atoms with Gasteiger partial charge < -0.3 is 10.5 Å². The Morgan fingerprint density at radius 3 is 2.45 bits per heavy atom. The summed E-state index contributed by atoms with van der Waals surface area (Å²) in [7, 11) is 1.68. The lowest BCUT2D eigenvalue weighted by atomic mass is 9.87. The van der Waals surface area contributed by atoms with E-state index >= 15 is 0 Å². The largest absolute Gasteiger partial charge is 0.384 e. The maximum absolute atomic E-state index is 11.4. The number of methoxy groups -OCH3 is 1. The zero-order chi connectivity index (χ0) is 14.8. The van der Waals surface area contributed by atoms with Crippen LogP contribution in [0.2, 0.25) is 0 Å².